The van der Waals surface area contributed by atoms with Gasteiger partial charge >= 0.3 is 5.97 Å². The van der Waals surface area contributed by atoms with Crippen LogP contribution in [0.4, 0.5) is 0 Å². The molecule has 0 aliphatic carbocycles. The van der Waals surface area contributed by atoms with Crippen molar-refractivity contribution in [1.82, 2.24) is 14.8 Å². The van der Waals surface area contributed by atoms with Crippen molar-refractivity contribution >= 4 is 5.97 Å². The maximum Gasteiger partial charge on any atom is 0.337 e. The lowest BCUT2D eigenvalue weighted by Crippen LogP contribution is -2.36. The fourth-order valence-corrected chi connectivity index (χ4v) is 3.30. The second-order valence-corrected chi connectivity index (χ2v) is 5.76. The van der Waals surface area contributed by atoms with E-state index >= 15 is 0 Å². The molecular weight excluding hydrogens is 254 g/mol. The molecule has 1 aromatic rings. The molecule has 2 aliphatic rings. The Morgan fingerprint density at radius 3 is 2.90 bits per heavy atom. The standard InChI is InChI=1S/C15H21N3O2/c19-15(20)12-4-5-13(16-9-12)10-17-6-2-8-18-7-1-3-14(18)11-17/h4-5,9,14H,1-3,6-8,10-11H2,(H,19,20). The summed E-state index contributed by atoms with van der Waals surface area (Å²) in [5.74, 6) is -0.916. The Morgan fingerprint density at radius 1 is 1.30 bits per heavy atom. The van der Waals surface area contributed by atoms with Crippen molar-refractivity contribution in [3.63, 3.8) is 0 Å². The molecule has 2 fully saturated rings. The van der Waals surface area contributed by atoms with E-state index in [0.29, 0.717) is 6.04 Å². The molecule has 5 heteroatoms. The molecule has 1 unspecified atom stereocenters. The van der Waals surface area contributed by atoms with E-state index in [9.17, 15) is 4.79 Å². The first-order chi connectivity index (χ1) is 9.72. The van der Waals surface area contributed by atoms with E-state index in [0.717, 1.165) is 25.3 Å². The lowest BCUT2D eigenvalue weighted by molar-refractivity contribution is 0.0696. The first kappa shape index (κ1) is 13.5. The molecule has 3 rings (SSSR count). The van der Waals surface area contributed by atoms with Crippen LogP contribution < -0.4 is 0 Å². The highest BCUT2D eigenvalue weighted by Crippen LogP contribution is 2.22. The van der Waals surface area contributed by atoms with Gasteiger partial charge < -0.3 is 5.11 Å². The van der Waals surface area contributed by atoms with Gasteiger partial charge in [0.2, 0.25) is 0 Å². The molecule has 2 aliphatic heterocycles. The molecule has 0 spiro atoms. The summed E-state index contributed by atoms with van der Waals surface area (Å²) in [5, 5.41) is 8.88. The Kier molecular flexibility index (Phi) is 3.98. The minimum atomic E-state index is -0.916. The molecule has 1 atom stereocenters. The topological polar surface area (TPSA) is 56.7 Å². The summed E-state index contributed by atoms with van der Waals surface area (Å²) in [7, 11) is 0. The second-order valence-electron chi connectivity index (χ2n) is 5.76. The summed E-state index contributed by atoms with van der Waals surface area (Å²) in [6.45, 7) is 5.51. The third-order valence-corrected chi connectivity index (χ3v) is 4.34. The molecule has 5 nitrogen and oxygen atoms in total. The van der Waals surface area contributed by atoms with Crippen LogP contribution in [0.5, 0.6) is 0 Å². The average Bonchev–Trinajstić information content (AvgIpc) is 2.78. The van der Waals surface area contributed by atoms with Crippen molar-refractivity contribution < 1.29 is 9.90 Å². The minimum absolute atomic E-state index is 0.256. The van der Waals surface area contributed by atoms with E-state index in [1.54, 1.807) is 6.07 Å². The Balaban J connectivity index is 1.63. The Hall–Kier alpha value is -1.46. The number of carboxylic acid groups (broad SMARTS) is 1. The number of carboxylic acids is 1. The molecule has 108 valence electrons. The lowest BCUT2D eigenvalue weighted by atomic mass is 10.2. The Labute approximate surface area is 119 Å². The van der Waals surface area contributed by atoms with Gasteiger partial charge in [0.15, 0.2) is 0 Å². The predicted molar refractivity (Wildman–Crippen MR) is 75.7 cm³/mol. The molecule has 20 heavy (non-hydrogen) atoms. The molecule has 1 N–H and O–H groups in total. The average molecular weight is 275 g/mol. The van der Waals surface area contributed by atoms with Crippen LogP contribution in [0.25, 0.3) is 0 Å². The molecule has 0 amide bonds. The monoisotopic (exact) mass is 275 g/mol. The fraction of sp³-hybridized carbons (Fsp3) is 0.600. The SMILES string of the molecule is O=C(O)c1ccc(CN2CCCN3CCCC3C2)nc1. The smallest absolute Gasteiger partial charge is 0.337 e. The van der Waals surface area contributed by atoms with E-state index < -0.39 is 5.97 Å². The molecular formula is C15H21N3O2. The zero-order valence-corrected chi connectivity index (χ0v) is 11.7. The minimum Gasteiger partial charge on any atom is -0.478 e. The highest BCUT2D eigenvalue weighted by molar-refractivity contribution is 5.87. The van der Waals surface area contributed by atoms with Gasteiger partial charge in [0.05, 0.1) is 11.3 Å². The van der Waals surface area contributed by atoms with Crippen molar-refractivity contribution in [2.75, 3.05) is 26.2 Å². The number of pyridine rings is 1. The number of carbonyl (C=O) groups is 1. The maximum atomic E-state index is 10.8. The van der Waals surface area contributed by atoms with Crippen molar-refractivity contribution in [2.24, 2.45) is 0 Å². The van der Waals surface area contributed by atoms with Gasteiger partial charge in [-0.15, -0.1) is 0 Å². The zero-order chi connectivity index (χ0) is 13.9. The van der Waals surface area contributed by atoms with Crippen LogP contribution >= 0.6 is 0 Å². The van der Waals surface area contributed by atoms with Gasteiger partial charge in [0, 0.05) is 25.3 Å². The van der Waals surface area contributed by atoms with Crippen molar-refractivity contribution in [2.45, 2.75) is 31.8 Å². The van der Waals surface area contributed by atoms with E-state index in [1.165, 1.54) is 38.5 Å². The molecule has 0 aromatic carbocycles. The Morgan fingerprint density at radius 2 is 2.15 bits per heavy atom. The summed E-state index contributed by atoms with van der Waals surface area (Å²) in [5.41, 5.74) is 1.22. The van der Waals surface area contributed by atoms with Crippen LogP contribution in [-0.2, 0) is 6.54 Å². The fourth-order valence-electron chi connectivity index (χ4n) is 3.30. The highest BCUT2D eigenvalue weighted by Gasteiger charge is 2.28. The number of hydrogen-bond acceptors (Lipinski definition) is 4. The van der Waals surface area contributed by atoms with E-state index in [4.69, 9.17) is 5.11 Å². The number of aromatic carboxylic acids is 1. The van der Waals surface area contributed by atoms with Crippen LogP contribution in [0, 0.1) is 0 Å². The van der Waals surface area contributed by atoms with Gasteiger partial charge in [-0.05, 0) is 51.0 Å². The Bertz CT molecular complexity index is 475. The molecule has 0 radical (unpaired) electrons. The molecule has 0 saturated carbocycles. The van der Waals surface area contributed by atoms with Crippen LogP contribution in [0.1, 0.15) is 35.3 Å². The van der Waals surface area contributed by atoms with Crippen LogP contribution in [0.2, 0.25) is 0 Å². The van der Waals surface area contributed by atoms with Gasteiger partial charge in [0.1, 0.15) is 0 Å². The van der Waals surface area contributed by atoms with Crippen LogP contribution in [0.3, 0.4) is 0 Å². The number of nitrogens with zero attached hydrogens (tertiary/aromatic N) is 3. The summed E-state index contributed by atoms with van der Waals surface area (Å²) < 4.78 is 0. The first-order valence-corrected chi connectivity index (χ1v) is 7.37. The largest absolute Gasteiger partial charge is 0.478 e. The van der Waals surface area contributed by atoms with E-state index in [2.05, 4.69) is 14.8 Å². The van der Waals surface area contributed by atoms with Gasteiger partial charge in [0.25, 0.3) is 0 Å². The van der Waals surface area contributed by atoms with Gasteiger partial charge in [-0.3, -0.25) is 14.8 Å². The second kappa shape index (κ2) is 5.89. The number of aromatic nitrogens is 1. The van der Waals surface area contributed by atoms with E-state index in [1.807, 2.05) is 6.07 Å². The maximum absolute atomic E-state index is 10.8. The third kappa shape index (κ3) is 2.99. The highest BCUT2D eigenvalue weighted by atomic mass is 16.4. The molecule has 3 heterocycles. The summed E-state index contributed by atoms with van der Waals surface area (Å²) in [6, 6.07) is 4.18. The summed E-state index contributed by atoms with van der Waals surface area (Å²) in [6.07, 6.45) is 5.30. The van der Waals surface area contributed by atoms with Crippen LogP contribution in [-0.4, -0.2) is 58.1 Å². The van der Waals surface area contributed by atoms with Crippen molar-refractivity contribution in [3.05, 3.63) is 29.6 Å². The number of hydrogen-bond donors (Lipinski definition) is 1. The van der Waals surface area contributed by atoms with Crippen molar-refractivity contribution in [1.29, 1.82) is 0 Å². The number of fused-ring (bicyclic) bond motifs is 1. The van der Waals surface area contributed by atoms with Gasteiger partial charge in [-0.2, -0.15) is 0 Å². The molecule has 0 bridgehead atoms. The van der Waals surface area contributed by atoms with E-state index in [-0.39, 0.29) is 5.56 Å². The normalized spacial score (nSPS) is 24.3. The predicted octanol–water partition coefficient (Wildman–Crippen LogP) is 1.45. The summed E-state index contributed by atoms with van der Waals surface area (Å²) >= 11 is 0. The quantitative estimate of drug-likeness (QED) is 0.905. The first-order valence-electron chi connectivity index (χ1n) is 7.37. The lowest BCUT2D eigenvalue weighted by Gasteiger charge is -2.25. The van der Waals surface area contributed by atoms with Gasteiger partial charge in [-0.25, -0.2) is 4.79 Å². The van der Waals surface area contributed by atoms with Crippen molar-refractivity contribution in [3.8, 4) is 0 Å². The van der Waals surface area contributed by atoms with Crippen LogP contribution in [0.15, 0.2) is 18.3 Å². The number of rotatable bonds is 3. The third-order valence-electron chi connectivity index (χ3n) is 4.34. The molecule has 2 saturated heterocycles. The molecule has 1 aromatic heterocycles. The zero-order valence-electron chi connectivity index (χ0n) is 11.7. The van der Waals surface area contributed by atoms with Gasteiger partial charge in [-0.1, -0.05) is 0 Å². The summed E-state index contributed by atoms with van der Waals surface area (Å²) in [4.78, 5) is 20.2.